The summed E-state index contributed by atoms with van der Waals surface area (Å²) in [5, 5.41) is 21.0. The van der Waals surface area contributed by atoms with Gasteiger partial charge in [-0.25, -0.2) is 9.67 Å². The highest BCUT2D eigenvalue weighted by Gasteiger charge is 2.07. The standard InChI is InChI=1S/C22H27N5O2/c1-3-23-22(25-16-18-6-4-7-20(29-2)21(18)28)24-14-12-17-8-10-19(11-9-17)27-15-5-13-26-27/h4-11,13,15,28H,3,12,14,16H2,1-2H3,(H2,23,24,25). The Morgan fingerprint density at radius 3 is 2.66 bits per heavy atom. The van der Waals surface area contributed by atoms with E-state index < -0.39 is 0 Å². The average Bonchev–Trinajstić information content (AvgIpc) is 3.28. The van der Waals surface area contributed by atoms with E-state index in [-0.39, 0.29) is 5.75 Å². The van der Waals surface area contributed by atoms with Gasteiger partial charge in [-0.05, 0) is 43.2 Å². The molecule has 152 valence electrons. The van der Waals surface area contributed by atoms with Crippen LogP contribution in [0.15, 0.2) is 65.9 Å². The third-order valence-corrected chi connectivity index (χ3v) is 4.47. The van der Waals surface area contributed by atoms with Crippen LogP contribution >= 0.6 is 0 Å². The lowest BCUT2D eigenvalue weighted by atomic mass is 10.1. The molecule has 0 bridgehead atoms. The molecule has 7 nitrogen and oxygen atoms in total. The maximum absolute atomic E-state index is 10.2. The Labute approximate surface area is 171 Å². The van der Waals surface area contributed by atoms with Gasteiger partial charge in [-0.2, -0.15) is 5.10 Å². The fraction of sp³-hybridized carbons (Fsp3) is 0.273. The summed E-state index contributed by atoms with van der Waals surface area (Å²) in [7, 11) is 1.54. The number of aromatic nitrogens is 2. The highest BCUT2D eigenvalue weighted by molar-refractivity contribution is 5.79. The number of ether oxygens (including phenoxy) is 1. The van der Waals surface area contributed by atoms with Gasteiger partial charge in [-0.1, -0.05) is 24.3 Å². The lowest BCUT2D eigenvalue weighted by molar-refractivity contribution is 0.370. The second kappa shape index (κ2) is 10.2. The summed E-state index contributed by atoms with van der Waals surface area (Å²) in [6.07, 6.45) is 4.56. The van der Waals surface area contributed by atoms with Crippen molar-refractivity contribution in [2.75, 3.05) is 20.2 Å². The number of rotatable bonds is 8. The Balaban J connectivity index is 1.56. The molecule has 0 unspecified atom stereocenters. The molecular formula is C22H27N5O2. The number of nitrogens with one attached hydrogen (secondary N) is 2. The van der Waals surface area contributed by atoms with Gasteiger partial charge < -0.3 is 20.5 Å². The second-order valence-electron chi connectivity index (χ2n) is 6.46. The van der Waals surface area contributed by atoms with Crippen molar-refractivity contribution >= 4 is 5.96 Å². The van der Waals surface area contributed by atoms with Crippen LogP contribution in [0.2, 0.25) is 0 Å². The first kappa shape index (κ1) is 20.3. The van der Waals surface area contributed by atoms with Crippen LogP contribution in [0.4, 0.5) is 0 Å². The van der Waals surface area contributed by atoms with Gasteiger partial charge in [-0.15, -0.1) is 0 Å². The zero-order valence-electron chi connectivity index (χ0n) is 16.8. The van der Waals surface area contributed by atoms with Gasteiger partial charge in [0, 0.05) is 31.0 Å². The minimum Gasteiger partial charge on any atom is -0.504 e. The molecule has 0 spiro atoms. The first-order valence-electron chi connectivity index (χ1n) is 9.67. The largest absolute Gasteiger partial charge is 0.504 e. The summed E-state index contributed by atoms with van der Waals surface area (Å²) < 4.78 is 6.99. The van der Waals surface area contributed by atoms with Crippen LogP contribution in [0.1, 0.15) is 18.1 Å². The van der Waals surface area contributed by atoms with E-state index in [1.807, 2.05) is 36.0 Å². The zero-order valence-corrected chi connectivity index (χ0v) is 16.8. The van der Waals surface area contributed by atoms with Gasteiger partial charge in [0.05, 0.1) is 19.3 Å². The molecule has 0 saturated carbocycles. The van der Waals surface area contributed by atoms with Crippen molar-refractivity contribution in [1.82, 2.24) is 20.4 Å². The summed E-state index contributed by atoms with van der Waals surface area (Å²) in [6.45, 7) is 3.89. The summed E-state index contributed by atoms with van der Waals surface area (Å²) in [6, 6.07) is 15.7. The van der Waals surface area contributed by atoms with Crippen molar-refractivity contribution < 1.29 is 9.84 Å². The molecule has 1 heterocycles. The first-order valence-corrected chi connectivity index (χ1v) is 9.67. The second-order valence-corrected chi connectivity index (χ2v) is 6.46. The average molecular weight is 393 g/mol. The smallest absolute Gasteiger partial charge is 0.191 e. The number of hydrogen-bond acceptors (Lipinski definition) is 4. The first-order chi connectivity index (χ1) is 14.2. The number of benzene rings is 2. The molecule has 0 aliphatic heterocycles. The van der Waals surface area contributed by atoms with Crippen LogP contribution in [0.3, 0.4) is 0 Å². The van der Waals surface area contributed by atoms with Crippen LogP contribution in [-0.4, -0.2) is 41.0 Å². The minimum absolute atomic E-state index is 0.131. The summed E-state index contributed by atoms with van der Waals surface area (Å²) in [4.78, 5) is 4.57. The topological polar surface area (TPSA) is 83.7 Å². The number of para-hydroxylation sites is 1. The monoisotopic (exact) mass is 393 g/mol. The number of phenolic OH excluding ortho intramolecular Hbond substituents is 1. The van der Waals surface area contributed by atoms with Gasteiger partial charge in [0.1, 0.15) is 0 Å². The Kier molecular flexibility index (Phi) is 7.10. The number of methoxy groups -OCH3 is 1. The number of nitrogens with zero attached hydrogens (tertiary/aromatic N) is 3. The summed E-state index contributed by atoms with van der Waals surface area (Å²) >= 11 is 0. The van der Waals surface area contributed by atoms with E-state index in [0.29, 0.717) is 18.3 Å². The van der Waals surface area contributed by atoms with E-state index in [1.165, 1.54) is 12.7 Å². The molecule has 2 aromatic carbocycles. The van der Waals surface area contributed by atoms with Gasteiger partial charge in [0.2, 0.25) is 0 Å². The molecule has 3 rings (SSSR count). The lowest BCUT2D eigenvalue weighted by Gasteiger charge is -2.12. The van der Waals surface area contributed by atoms with E-state index in [9.17, 15) is 5.11 Å². The van der Waals surface area contributed by atoms with E-state index >= 15 is 0 Å². The van der Waals surface area contributed by atoms with Crippen molar-refractivity contribution in [3.05, 3.63) is 72.1 Å². The molecular weight excluding hydrogens is 366 g/mol. The third-order valence-electron chi connectivity index (χ3n) is 4.47. The van der Waals surface area contributed by atoms with E-state index in [0.717, 1.165) is 30.8 Å². The maximum Gasteiger partial charge on any atom is 0.191 e. The van der Waals surface area contributed by atoms with Gasteiger partial charge in [-0.3, -0.25) is 0 Å². The lowest BCUT2D eigenvalue weighted by Crippen LogP contribution is -2.38. The quantitative estimate of drug-likeness (QED) is 0.405. The van der Waals surface area contributed by atoms with Crippen molar-refractivity contribution in [3.63, 3.8) is 0 Å². The minimum atomic E-state index is 0.131. The molecule has 0 atom stereocenters. The van der Waals surface area contributed by atoms with Crippen LogP contribution in [0.5, 0.6) is 11.5 Å². The molecule has 0 saturated heterocycles. The van der Waals surface area contributed by atoms with E-state index in [1.54, 1.807) is 12.3 Å². The van der Waals surface area contributed by atoms with Crippen molar-refractivity contribution in [1.29, 1.82) is 0 Å². The highest BCUT2D eigenvalue weighted by Crippen LogP contribution is 2.29. The molecule has 3 N–H and O–H groups in total. The fourth-order valence-corrected chi connectivity index (χ4v) is 2.93. The predicted octanol–water partition coefficient (Wildman–Crippen LogP) is 2.88. The van der Waals surface area contributed by atoms with E-state index in [2.05, 4.69) is 45.0 Å². The Morgan fingerprint density at radius 1 is 1.14 bits per heavy atom. The molecule has 0 radical (unpaired) electrons. The Hall–Kier alpha value is -3.48. The number of hydrogen-bond donors (Lipinski definition) is 3. The zero-order chi connectivity index (χ0) is 20.5. The number of phenols is 1. The van der Waals surface area contributed by atoms with Crippen LogP contribution < -0.4 is 15.4 Å². The molecule has 7 heteroatoms. The third kappa shape index (κ3) is 5.51. The molecule has 1 aromatic heterocycles. The van der Waals surface area contributed by atoms with Crippen molar-refractivity contribution in [2.45, 2.75) is 19.9 Å². The van der Waals surface area contributed by atoms with Crippen LogP contribution in [-0.2, 0) is 13.0 Å². The fourth-order valence-electron chi connectivity index (χ4n) is 2.93. The Bertz CT molecular complexity index is 921. The normalized spacial score (nSPS) is 11.3. The highest BCUT2D eigenvalue weighted by atomic mass is 16.5. The maximum atomic E-state index is 10.2. The molecule has 0 aliphatic carbocycles. The van der Waals surface area contributed by atoms with Crippen molar-refractivity contribution in [2.24, 2.45) is 4.99 Å². The Morgan fingerprint density at radius 2 is 1.97 bits per heavy atom. The molecule has 0 aliphatic rings. The molecule has 0 fully saturated rings. The summed E-state index contributed by atoms with van der Waals surface area (Å²) in [5.74, 6) is 1.30. The van der Waals surface area contributed by atoms with Gasteiger partial charge >= 0.3 is 0 Å². The van der Waals surface area contributed by atoms with Crippen LogP contribution in [0, 0.1) is 0 Å². The van der Waals surface area contributed by atoms with E-state index in [4.69, 9.17) is 4.74 Å². The summed E-state index contributed by atoms with van der Waals surface area (Å²) in [5.41, 5.74) is 2.99. The molecule has 0 amide bonds. The molecule has 3 aromatic rings. The van der Waals surface area contributed by atoms with Crippen molar-refractivity contribution in [3.8, 4) is 17.2 Å². The number of aromatic hydroxyl groups is 1. The molecule has 29 heavy (non-hydrogen) atoms. The van der Waals surface area contributed by atoms with Gasteiger partial charge in [0.15, 0.2) is 17.5 Å². The number of aliphatic imine (C=N–C) groups is 1. The number of guanidine groups is 1. The van der Waals surface area contributed by atoms with Crippen LogP contribution in [0.25, 0.3) is 5.69 Å². The predicted molar refractivity (Wildman–Crippen MR) is 115 cm³/mol. The van der Waals surface area contributed by atoms with Gasteiger partial charge in [0.25, 0.3) is 0 Å². The SMILES string of the molecule is CCNC(=NCc1cccc(OC)c1O)NCCc1ccc(-n2cccn2)cc1.